The van der Waals surface area contributed by atoms with Crippen molar-refractivity contribution in [1.82, 2.24) is 14.7 Å². The summed E-state index contributed by atoms with van der Waals surface area (Å²) in [6.45, 7) is 0.330. The molecule has 0 bridgehead atoms. The average Bonchev–Trinajstić information content (AvgIpc) is 2.94. The van der Waals surface area contributed by atoms with E-state index in [-0.39, 0.29) is 5.91 Å². The molecule has 1 aromatic carbocycles. The number of carbonyl (C=O) groups excluding carboxylic acids is 1. The van der Waals surface area contributed by atoms with Gasteiger partial charge < -0.3 is 14.5 Å². The van der Waals surface area contributed by atoms with Gasteiger partial charge in [0.2, 0.25) is 0 Å². The number of aromatic nitrogens is 2. The normalized spacial score (nSPS) is 10.6. The molecule has 0 spiro atoms. The summed E-state index contributed by atoms with van der Waals surface area (Å²) < 4.78 is 7.04. The first-order chi connectivity index (χ1) is 10.7. The van der Waals surface area contributed by atoms with Crippen molar-refractivity contribution in [2.75, 3.05) is 7.11 Å². The van der Waals surface area contributed by atoms with Crippen LogP contribution < -0.4 is 10.1 Å². The van der Waals surface area contributed by atoms with E-state index in [4.69, 9.17) is 16.3 Å². The van der Waals surface area contributed by atoms with Crippen LogP contribution >= 0.6 is 11.6 Å². The summed E-state index contributed by atoms with van der Waals surface area (Å²) in [4.78, 5) is 16.6. The summed E-state index contributed by atoms with van der Waals surface area (Å²) in [6, 6.07) is 10.6. The second-order valence-corrected chi connectivity index (χ2v) is 5.16. The van der Waals surface area contributed by atoms with Crippen LogP contribution in [-0.2, 0) is 6.54 Å². The quantitative estimate of drug-likeness (QED) is 0.805. The predicted molar refractivity (Wildman–Crippen MR) is 84.4 cm³/mol. The van der Waals surface area contributed by atoms with Crippen molar-refractivity contribution in [3.05, 3.63) is 65.1 Å². The summed E-state index contributed by atoms with van der Waals surface area (Å²) in [5, 5.41) is 3.47. The highest BCUT2D eigenvalue weighted by Crippen LogP contribution is 2.17. The highest BCUT2D eigenvalue weighted by molar-refractivity contribution is 6.30. The Morgan fingerprint density at radius 1 is 1.36 bits per heavy atom. The maximum atomic E-state index is 12.2. The Bertz CT molecular complexity index is 829. The summed E-state index contributed by atoms with van der Waals surface area (Å²) in [6.07, 6.45) is 3.68. The Morgan fingerprint density at radius 2 is 2.18 bits per heavy atom. The lowest BCUT2D eigenvalue weighted by Crippen LogP contribution is -2.23. The minimum Gasteiger partial charge on any atom is -0.496 e. The molecule has 22 heavy (non-hydrogen) atoms. The molecule has 0 fully saturated rings. The number of hydrogen-bond acceptors (Lipinski definition) is 3. The van der Waals surface area contributed by atoms with Crippen LogP contribution in [0, 0.1) is 0 Å². The summed E-state index contributed by atoms with van der Waals surface area (Å²) >= 11 is 5.93. The third-order valence-corrected chi connectivity index (χ3v) is 3.49. The van der Waals surface area contributed by atoms with Gasteiger partial charge in [0.25, 0.3) is 5.91 Å². The number of hydrogen-bond donors (Lipinski definition) is 1. The predicted octanol–water partition coefficient (Wildman–Crippen LogP) is 2.93. The summed E-state index contributed by atoms with van der Waals surface area (Å²) in [5.74, 6) is 0.342. The second-order valence-electron chi connectivity index (χ2n) is 4.73. The molecule has 3 aromatic rings. The molecule has 0 aliphatic carbocycles. The molecule has 0 aliphatic rings. The van der Waals surface area contributed by atoms with Crippen molar-refractivity contribution in [2.24, 2.45) is 0 Å². The molecular formula is C16H14ClN3O2. The van der Waals surface area contributed by atoms with Crippen molar-refractivity contribution < 1.29 is 9.53 Å². The number of nitrogens with zero attached hydrogens (tertiary/aromatic N) is 2. The summed E-state index contributed by atoms with van der Waals surface area (Å²) in [5.41, 5.74) is 2.00. The molecule has 0 unspecified atom stereocenters. The molecule has 0 radical (unpaired) electrons. The van der Waals surface area contributed by atoms with Crippen LogP contribution in [0.3, 0.4) is 0 Å². The number of rotatable bonds is 4. The Morgan fingerprint density at radius 3 is 3.00 bits per heavy atom. The molecule has 1 amide bonds. The number of nitrogens with one attached hydrogen (secondary N) is 1. The summed E-state index contributed by atoms with van der Waals surface area (Å²) in [7, 11) is 1.54. The molecule has 1 N–H and O–H groups in total. The number of benzene rings is 1. The van der Waals surface area contributed by atoms with Crippen LogP contribution in [0.1, 0.15) is 16.1 Å². The fourth-order valence-electron chi connectivity index (χ4n) is 2.19. The molecule has 0 saturated carbocycles. The van der Waals surface area contributed by atoms with Gasteiger partial charge in [-0.2, -0.15) is 0 Å². The number of imidazole rings is 1. The lowest BCUT2D eigenvalue weighted by atomic mass is 10.2. The zero-order valence-corrected chi connectivity index (χ0v) is 12.7. The van der Waals surface area contributed by atoms with Gasteiger partial charge in [0.15, 0.2) is 0 Å². The average molecular weight is 316 g/mol. The van der Waals surface area contributed by atoms with Gasteiger partial charge in [-0.1, -0.05) is 23.7 Å². The van der Waals surface area contributed by atoms with Crippen LogP contribution in [0.4, 0.5) is 0 Å². The van der Waals surface area contributed by atoms with Gasteiger partial charge in [-0.25, -0.2) is 4.98 Å². The zero-order valence-electron chi connectivity index (χ0n) is 11.9. The first-order valence-corrected chi connectivity index (χ1v) is 7.09. The minimum atomic E-state index is -0.201. The van der Waals surface area contributed by atoms with Gasteiger partial charge in [-0.15, -0.1) is 0 Å². The minimum absolute atomic E-state index is 0.201. The Kier molecular flexibility index (Phi) is 3.98. The number of methoxy groups -OCH3 is 1. The topological polar surface area (TPSA) is 55.6 Å². The number of amides is 1. The van der Waals surface area contributed by atoms with Crippen LogP contribution in [0.2, 0.25) is 5.02 Å². The fourth-order valence-corrected chi connectivity index (χ4v) is 2.35. The van der Waals surface area contributed by atoms with Crippen LogP contribution in [0.25, 0.3) is 5.65 Å². The van der Waals surface area contributed by atoms with Crippen molar-refractivity contribution in [1.29, 1.82) is 0 Å². The number of fused-ring (bicyclic) bond motifs is 1. The van der Waals surface area contributed by atoms with Crippen molar-refractivity contribution >= 4 is 23.2 Å². The van der Waals surface area contributed by atoms with Crippen LogP contribution in [-0.4, -0.2) is 22.4 Å². The smallest absolute Gasteiger partial charge is 0.255 e. The maximum absolute atomic E-state index is 12.2. The van der Waals surface area contributed by atoms with E-state index in [0.29, 0.717) is 22.9 Å². The van der Waals surface area contributed by atoms with E-state index in [9.17, 15) is 4.79 Å². The standard InChI is InChI=1S/C16H14ClN3O2/c1-22-14-5-3-2-4-13(14)16(21)18-9-12-10-20-7-6-11(17)8-15(20)19-12/h2-8,10H,9H2,1H3,(H,18,21). The fraction of sp³-hybridized carbons (Fsp3) is 0.125. The van der Waals surface area contributed by atoms with E-state index in [1.165, 1.54) is 7.11 Å². The number of ether oxygens (including phenoxy) is 1. The lowest BCUT2D eigenvalue weighted by molar-refractivity contribution is 0.0947. The highest BCUT2D eigenvalue weighted by Gasteiger charge is 2.11. The van der Waals surface area contributed by atoms with Gasteiger partial charge in [0.05, 0.1) is 24.9 Å². The van der Waals surface area contributed by atoms with E-state index in [1.54, 1.807) is 30.3 Å². The van der Waals surface area contributed by atoms with Crippen LogP contribution in [0.15, 0.2) is 48.8 Å². The van der Waals surface area contributed by atoms with Crippen molar-refractivity contribution in [3.63, 3.8) is 0 Å². The van der Waals surface area contributed by atoms with E-state index < -0.39 is 0 Å². The number of halogens is 1. The maximum Gasteiger partial charge on any atom is 0.255 e. The first-order valence-electron chi connectivity index (χ1n) is 6.72. The van der Waals surface area contributed by atoms with Gasteiger partial charge in [-0.05, 0) is 24.3 Å². The monoisotopic (exact) mass is 315 g/mol. The molecule has 3 rings (SSSR count). The molecule has 2 heterocycles. The zero-order chi connectivity index (χ0) is 15.5. The van der Waals surface area contributed by atoms with Gasteiger partial charge in [0.1, 0.15) is 11.4 Å². The third-order valence-electron chi connectivity index (χ3n) is 3.25. The van der Waals surface area contributed by atoms with E-state index >= 15 is 0 Å². The van der Waals surface area contributed by atoms with Gasteiger partial charge in [-0.3, -0.25) is 4.79 Å². The molecule has 6 heteroatoms. The SMILES string of the molecule is COc1ccccc1C(=O)NCc1cn2ccc(Cl)cc2n1. The number of carbonyl (C=O) groups is 1. The van der Waals surface area contributed by atoms with E-state index in [2.05, 4.69) is 10.3 Å². The lowest BCUT2D eigenvalue weighted by Gasteiger charge is -2.07. The Hall–Kier alpha value is -2.53. The second kappa shape index (κ2) is 6.07. The van der Waals surface area contributed by atoms with E-state index in [1.807, 2.05) is 22.9 Å². The molecule has 5 nitrogen and oxygen atoms in total. The van der Waals surface area contributed by atoms with E-state index in [0.717, 1.165) is 11.3 Å². The molecule has 0 atom stereocenters. The number of para-hydroxylation sites is 1. The first kappa shape index (κ1) is 14.4. The molecule has 112 valence electrons. The molecule has 0 saturated heterocycles. The third kappa shape index (κ3) is 2.89. The molecular weight excluding hydrogens is 302 g/mol. The van der Waals surface area contributed by atoms with Gasteiger partial charge >= 0.3 is 0 Å². The Labute approximate surface area is 132 Å². The largest absolute Gasteiger partial charge is 0.496 e. The van der Waals surface area contributed by atoms with Gasteiger partial charge in [0, 0.05) is 17.4 Å². The highest BCUT2D eigenvalue weighted by atomic mass is 35.5. The van der Waals surface area contributed by atoms with Crippen LogP contribution in [0.5, 0.6) is 5.75 Å². The number of pyridine rings is 1. The molecule has 2 aromatic heterocycles. The van der Waals surface area contributed by atoms with Crippen molar-refractivity contribution in [2.45, 2.75) is 6.54 Å². The Balaban J connectivity index is 1.74. The van der Waals surface area contributed by atoms with Crippen molar-refractivity contribution in [3.8, 4) is 5.75 Å². The molecule has 0 aliphatic heterocycles.